The molecule has 2 aliphatic rings. The maximum Gasteiger partial charge on any atom is 0.143 e. The lowest BCUT2D eigenvalue weighted by Gasteiger charge is -2.30. The van der Waals surface area contributed by atoms with Gasteiger partial charge in [-0.3, -0.25) is 0 Å². The second kappa shape index (κ2) is 8.69. The molecule has 0 amide bonds. The molecule has 10 rings (SSSR count). The second-order valence-electron chi connectivity index (χ2n) is 12.0. The summed E-state index contributed by atoms with van der Waals surface area (Å²) in [6, 6.07) is 57.5. The smallest absolute Gasteiger partial charge is 0.143 e. The maximum atomic E-state index is 6.86. The molecule has 0 unspecified atom stereocenters. The fraction of sp³-hybridized carbons (Fsp3) is 0.0233. The Morgan fingerprint density at radius 1 is 0.341 bits per heavy atom. The van der Waals surface area contributed by atoms with E-state index >= 15 is 0 Å². The fourth-order valence-electron chi connectivity index (χ4n) is 8.08. The molecule has 1 heterocycles. The molecule has 0 N–H and O–H groups in total. The van der Waals surface area contributed by atoms with Crippen LogP contribution in [0.15, 0.2) is 162 Å². The third kappa shape index (κ3) is 2.98. The van der Waals surface area contributed by atoms with Crippen LogP contribution < -0.4 is 0 Å². The molecule has 1 nitrogen and oxygen atoms in total. The largest absolute Gasteiger partial charge is 0.455 e. The summed E-state index contributed by atoms with van der Waals surface area (Å²) in [5.74, 6) is 0. The van der Waals surface area contributed by atoms with Crippen LogP contribution in [0.4, 0.5) is 0 Å². The number of furan rings is 1. The summed E-state index contributed by atoms with van der Waals surface area (Å²) in [6.07, 6.45) is 0. The van der Waals surface area contributed by atoms with Crippen LogP contribution >= 0.6 is 0 Å². The summed E-state index contributed by atoms with van der Waals surface area (Å²) in [7, 11) is 0. The number of benzene rings is 7. The number of para-hydroxylation sites is 1. The highest BCUT2D eigenvalue weighted by Crippen LogP contribution is 2.63. The van der Waals surface area contributed by atoms with Crippen molar-refractivity contribution in [2.24, 2.45) is 0 Å². The lowest BCUT2D eigenvalue weighted by atomic mass is 9.70. The van der Waals surface area contributed by atoms with Crippen LogP contribution in [-0.4, -0.2) is 0 Å². The van der Waals surface area contributed by atoms with Crippen molar-refractivity contribution < 1.29 is 4.42 Å². The van der Waals surface area contributed by atoms with Crippen LogP contribution in [0.3, 0.4) is 0 Å². The molecule has 2 aliphatic carbocycles. The number of rotatable bonds is 2. The van der Waals surface area contributed by atoms with E-state index in [0.717, 1.165) is 33.1 Å². The van der Waals surface area contributed by atoms with Crippen molar-refractivity contribution in [2.75, 3.05) is 0 Å². The lowest BCUT2D eigenvalue weighted by Crippen LogP contribution is -2.25. The van der Waals surface area contributed by atoms with Crippen molar-refractivity contribution in [3.8, 4) is 44.5 Å². The van der Waals surface area contributed by atoms with Crippen molar-refractivity contribution in [3.05, 3.63) is 180 Å². The Morgan fingerprint density at radius 3 is 1.52 bits per heavy atom. The Kier molecular flexibility index (Phi) is 4.71. The Balaban J connectivity index is 1.22. The van der Waals surface area contributed by atoms with Crippen molar-refractivity contribution >= 4 is 21.9 Å². The molecule has 0 fully saturated rings. The highest BCUT2D eigenvalue weighted by atomic mass is 16.3. The van der Waals surface area contributed by atoms with Gasteiger partial charge in [-0.1, -0.05) is 146 Å². The zero-order chi connectivity index (χ0) is 28.8. The third-order valence-corrected chi connectivity index (χ3v) is 9.92. The van der Waals surface area contributed by atoms with E-state index in [2.05, 4.69) is 158 Å². The van der Waals surface area contributed by atoms with Crippen molar-refractivity contribution in [2.45, 2.75) is 5.41 Å². The standard InChI is InChI=1S/C43H26O/c1-2-11-27(12-3-1)28-21-23-29(24-22-28)30-16-10-17-34-36-25-35-33-15-6-9-20-39(33)43(40(35)26-41(36)44-42(30)34)37-18-7-4-13-31(37)32-14-5-8-19-38(32)43/h1-26H. The van der Waals surface area contributed by atoms with Crippen molar-refractivity contribution in [1.29, 1.82) is 0 Å². The van der Waals surface area contributed by atoms with Crippen LogP contribution in [-0.2, 0) is 5.41 Å². The Bertz CT molecular complexity index is 2380. The van der Waals surface area contributed by atoms with E-state index in [0.29, 0.717) is 0 Å². The van der Waals surface area contributed by atoms with E-state index in [-0.39, 0.29) is 5.41 Å². The molecule has 0 atom stereocenters. The van der Waals surface area contributed by atoms with Gasteiger partial charge in [0.15, 0.2) is 0 Å². The highest BCUT2D eigenvalue weighted by molar-refractivity contribution is 6.12. The summed E-state index contributed by atoms with van der Waals surface area (Å²) in [5.41, 5.74) is 16.8. The average Bonchev–Trinajstić information content (AvgIpc) is 3.71. The minimum Gasteiger partial charge on any atom is -0.455 e. The molecule has 0 aliphatic heterocycles. The summed E-state index contributed by atoms with van der Waals surface area (Å²) < 4.78 is 6.86. The number of hydrogen-bond donors (Lipinski definition) is 0. The first kappa shape index (κ1) is 23.9. The molecular formula is C43H26O. The van der Waals surface area contributed by atoms with Crippen molar-refractivity contribution in [3.63, 3.8) is 0 Å². The van der Waals surface area contributed by atoms with Gasteiger partial charge in [0.25, 0.3) is 0 Å². The molecule has 8 aromatic rings. The molecule has 0 radical (unpaired) electrons. The summed E-state index contributed by atoms with van der Waals surface area (Å²) >= 11 is 0. The van der Waals surface area contributed by atoms with E-state index in [1.54, 1.807) is 0 Å². The van der Waals surface area contributed by atoms with Crippen LogP contribution in [0.1, 0.15) is 22.3 Å². The Labute approximate surface area is 255 Å². The average molecular weight is 559 g/mol. The second-order valence-corrected chi connectivity index (χ2v) is 12.0. The zero-order valence-corrected chi connectivity index (χ0v) is 23.9. The first-order valence-corrected chi connectivity index (χ1v) is 15.3. The van der Waals surface area contributed by atoms with Gasteiger partial charge in [0, 0.05) is 16.3 Å². The molecule has 0 saturated heterocycles. The molecule has 44 heavy (non-hydrogen) atoms. The Morgan fingerprint density at radius 2 is 0.864 bits per heavy atom. The molecule has 7 aromatic carbocycles. The van der Waals surface area contributed by atoms with Crippen LogP contribution in [0.2, 0.25) is 0 Å². The van der Waals surface area contributed by atoms with Gasteiger partial charge in [-0.25, -0.2) is 0 Å². The SMILES string of the molecule is c1ccc(-c2ccc(-c3cccc4c3oc3cc5c(cc34)-c3ccccc3C53c4ccccc4-c4ccccc43)cc2)cc1. The van der Waals surface area contributed by atoms with Gasteiger partial charge in [0.05, 0.1) is 5.41 Å². The van der Waals surface area contributed by atoms with Crippen LogP contribution in [0, 0.1) is 0 Å². The normalized spacial score (nSPS) is 13.6. The molecule has 0 bridgehead atoms. The van der Waals surface area contributed by atoms with Gasteiger partial charge >= 0.3 is 0 Å². The molecular weight excluding hydrogens is 532 g/mol. The highest BCUT2D eigenvalue weighted by Gasteiger charge is 2.51. The molecule has 204 valence electrons. The quantitative estimate of drug-likeness (QED) is 0.206. The first-order chi connectivity index (χ1) is 21.8. The van der Waals surface area contributed by atoms with Crippen LogP contribution in [0.5, 0.6) is 0 Å². The van der Waals surface area contributed by atoms with E-state index in [1.807, 2.05) is 0 Å². The number of fused-ring (bicyclic) bond motifs is 13. The maximum absolute atomic E-state index is 6.86. The topological polar surface area (TPSA) is 13.1 Å². The molecule has 1 aromatic heterocycles. The monoisotopic (exact) mass is 558 g/mol. The minimum absolute atomic E-state index is 0.373. The van der Waals surface area contributed by atoms with Gasteiger partial charge in [-0.2, -0.15) is 0 Å². The van der Waals surface area contributed by atoms with E-state index in [4.69, 9.17) is 4.42 Å². The summed E-state index contributed by atoms with van der Waals surface area (Å²) in [4.78, 5) is 0. The van der Waals surface area contributed by atoms with Gasteiger partial charge in [0.1, 0.15) is 11.2 Å². The van der Waals surface area contributed by atoms with Gasteiger partial charge in [0.2, 0.25) is 0 Å². The van der Waals surface area contributed by atoms with Gasteiger partial charge in [-0.15, -0.1) is 0 Å². The predicted molar refractivity (Wildman–Crippen MR) is 181 cm³/mol. The fourth-order valence-corrected chi connectivity index (χ4v) is 8.08. The summed E-state index contributed by atoms with van der Waals surface area (Å²) in [5, 5.41) is 2.31. The minimum atomic E-state index is -0.373. The van der Waals surface area contributed by atoms with E-state index in [1.165, 1.54) is 55.6 Å². The number of hydrogen-bond acceptors (Lipinski definition) is 1. The zero-order valence-electron chi connectivity index (χ0n) is 23.9. The third-order valence-electron chi connectivity index (χ3n) is 9.92. The van der Waals surface area contributed by atoms with E-state index in [9.17, 15) is 0 Å². The Hall–Kier alpha value is -5.66. The lowest BCUT2D eigenvalue weighted by molar-refractivity contribution is 0.667. The van der Waals surface area contributed by atoms with Crippen molar-refractivity contribution in [1.82, 2.24) is 0 Å². The van der Waals surface area contributed by atoms with E-state index < -0.39 is 0 Å². The van der Waals surface area contributed by atoms with Crippen LogP contribution in [0.25, 0.3) is 66.4 Å². The predicted octanol–water partition coefficient (Wildman–Crippen LogP) is 11.3. The van der Waals surface area contributed by atoms with Gasteiger partial charge in [-0.05, 0) is 73.3 Å². The molecule has 0 saturated carbocycles. The first-order valence-electron chi connectivity index (χ1n) is 15.3. The van der Waals surface area contributed by atoms with Gasteiger partial charge < -0.3 is 4.42 Å². The summed E-state index contributed by atoms with van der Waals surface area (Å²) in [6.45, 7) is 0. The molecule has 1 spiro atoms. The molecule has 1 heteroatoms.